The van der Waals surface area contributed by atoms with E-state index >= 15 is 0 Å². The third-order valence-corrected chi connectivity index (χ3v) is 4.67. The highest BCUT2D eigenvalue weighted by atomic mass is 32.2. The summed E-state index contributed by atoms with van der Waals surface area (Å²) >= 11 is 6.03. The van der Waals surface area contributed by atoms with Gasteiger partial charge < -0.3 is 4.98 Å². The zero-order valence-electron chi connectivity index (χ0n) is 12.1. The van der Waals surface area contributed by atoms with Crippen LogP contribution in [-0.4, -0.2) is 21.5 Å². The maximum absolute atomic E-state index is 11.6. The van der Waals surface area contributed by atoms with Crippen molar-refractivity contribution in [3.8, 4) is 0 Å². The first-order valence-electron chi connectivity index (χ1n) is 7.11. The summed E-state index contributed by atoms with van der Waals surface area (Å²) in [6.07, 6.45) is 1.83. The molecule has 0 spiro atoms. The summed E-state index contributed by atoms with van der Waals surface area (Å²) in [5, 5.41) is 0.702. The summed E-state index contributed by atoms with van der Waals surface area (Å²) in [4.78, 5) is 19.0. The average Bonchev–Trinajstić information content (AvgIpc) is 2.49. The van der Waals surface area contributed by atoms with Crippen molar-refractivity contribution >= 4 is 24.4 Å². The molecule has 5 heteroatoms. The van der Waals surface area contributed by atoms with E-state index in [0.717, 1.165) is 30.0 Å². The molecular weight excluding hydrogens is 300 g/mol. The van der Waals surface area contributed by atoms with E-state index in [9.17, 15) is 4.79 Å². The van der Waals surface area contributed by atoms with E-state index in [2.05, 4.69) is 41.7 Å². The smallest absolute Gasteiger partial charge is 0.251 e. The molecule has 0 aliphatic carbocycles. The van der Waals surface area contributed by atoms with E-state index in [0.29, 0.717) is 11.1 Å². The monoisotopic (exact) mass is 320 g/mol. The largest absolute Gasteiger partial charge is 0.301 e. The van der Waals surface area contributed by atoms with Crippen LogP contribution >= 0.6 is 24.4 Å². The normalized spacial score (nSPS) is 12.3. The Morgan fingerprint density at radius 1 is 1.33 bits per heavy atom. The van der Waals surface area contributed by atoms with Crippen molar-refractivity contribution in [1.29, 1.82) is 0 Å². The van der Waals surface area contributed by atoms with E-state index in [4.69, 9.17) is 0 Å². The molecule has 1 heterocycles. The van der Waals surface area contributed by atoms with Crippen LogP contribution < -0.4 is 5.56 Å². The number of thiol groups is 1. The Morgan fingerprint density at radius 2 is 2.10 bits per heavy atom. The Kier molecular flexibility index (Phi) is 6.39. The molecule has 0 aliphatic heterocycles. The predicted molar refractivity (Wildman–Crippen MR) is 92.6 cm³/mol. The fourth-order valence-corrected chi connectivity index (χ4v) is 3.63. The van der Waals surface area contributed by atoms with Crippen LogP contribution in [0.5, 0.6) is 0 Å². The molecule has 0 amide bonds. The molecule has 1 aromatic heterocycles. The van der Waals surface area contributed by atoms with Crippen molar-refractivity contribution in [3.63, 3.8) is 0 Å². The topological polar surface area (TPSA) is 45.8 Å². The Balaban J connectivity index is 2.06. The zero-order chi connectivity index (χ0) is 15.1. The molecule has 0 aliphatic rings. The number of aryl methyl sites for hydroxylation is 1. The second-order valence-corrected chi connectivity index (χ2v) is 6.27. The first kappa shape index (κ1) is 16.2. The van der Waals surface area contributed by atoms with Gasteiger partial charge in [0.05, 0.1) is 0 Å². The van der Waals surface area contributed by atoms with Gasteiger partial charge in [-0.1, -0.05) is 55.4 Å². The zero-order valence-corrected chi connectivity index (χ0v) is 13.8. The molecule has 0 radical (unpaired) electrons. The molecule has 0 fully saturated rings. The maximum Gasteiger partial charge on any atom is 0.251 e. The molecule has 1 atom stereocenters. The number of H-pyrrole nitrogens is 1. The summed E-state index contributed by atoms with van der Waals surface area (Å²) in [6.45, 7) is 2.09. The predicted octanol–water partition coefficient (Wildman–Crippen LogP) is 3.53. The number of nitrogens with one attached hydrogen (secondary N) is 1. The number of hydrogen-bond donors (Lipinski definition) is 2. The summed E-state index contributed by atoms with van der Waals surface area (Å²) in [5.74, 6) is 1.97. The van der Waals surface area contributed by atoms with Crippen LogP contribution in [0.2, 0.25) is 0 Å². The number of rotatable bonds is 7. The minimum Gasteiger partial charge on any atom is -0.301 e. The fourth-order valence-electron chi connectivity index (χ4n) is 2.10. The first-order valence-corrected chi connectivity index (χ1v) is 8.73. The minimum atomic E-state index is -0.0712. The second kappa shape index (κ2) is 8.29. The van der Waals surface area contributed by atoms with Gasteiger partial charge in [0.1, 0.15) is 0 Å². The lowest BCUT2D eigenvalue weighted by Crippen LogP contribution is -2.11. The van der Waals surface area contributed by atoms with E-state index in [-0.39, 0.29) is 5.56 Å². The van der Waals surface area contributed by atoms with Crippen LogP contribution in [0.3, 0.4) is 0 Å². The molecule has 1 unspecified atom stereocenters. The Bertz CT molecular complexity index is 613. The summed E-state index contributed by atoms with van der Waals surface area (Å²) in [5.41, 5.74) is 2.07. The van der Waals surface area contributed by atoms with E-state index in [1.165, 1.54) is 5.56 Å². The van der Waals surface area contributed by atoms with Crippen LogP contribution in [0.25, 0.3) is 0 Å². The molecule has 1 N–H and O–H groups in total. The highest BCUT2D eigenvalue weighted by molar-refractivity contribution is 7.99. The van der Waals surface area contributed by atoms with Gasteiger partial charge in [0.2, 0.25) is 0 Å². The van der Waals surface area contributed by atoms with Gasteiger partial charge in [0.25, 0.3) is 5.56 Å². The summed E-state index contributed by atoms with van der Waals surface area (Å²) in [7, 11) is 0. The van der Waals surface area contributed by atoms with Gasteiger partial charge in [-0.05, 0) is 17.7 Å². The minimum absolute atomic E-state index is 0.0712. The quantitative estimate of drug-likeness (QED) is 0.466. The fraction of sp³-hybridized carbons (Fsp3) is 0.375. The van der Waals surface area contributed by atoms with Gasteiger partial charge in [-0.3, -0.25) is 4.79 Å². The summed E-state index contributed by atoms with van der Waals surface area (Å²) < 4.78 is 0. The van der Waals surface area contributed by atoms with Gasteiger partial charge in [-0.2, -0.15) is 12.6 Å². The van der Waals surface area contributed by atoms with Crippen molar-refractivity contribution in [2.75, 3.05) is 11.5 Å². The summed E-state index contributed by atoms with van der Waals surface area (Å²) in [6, 6.07) is 11.9. The lowest BCUT2D eigenvalue weighted by atomic mass is 10.0. The molecule has 0 saturated carbocycles. The number of aromatic amines is 1. The van der Waals surface area contributed by atoms with Crippen molar-refractivity contribution in [2.45, 2.75) is 30.8 Å². The second-order valence-electron chi connectivity index (χ2n) is 4.89. The molecule has 112 valence electrons. The van der Waals surface area contributed by atoms with E-state index in [1.54, 1.807) is 17.8 Å². The van der Waals surface area contributed by atoms with Gasteiger partial charge >= 0.3 is 0 Å². The van der Waals surface area contributed by atoms with Gasteiger partial charge in [0.15, 0.2) is 5.16 Å². The van der Waals surface area contributed by atoms with Crippen molar-refractivity contribution in [2.24, 2.45) is 0 Å². The number of benzene rings is 1. The number of nitrogens with zero attached hydrogens (tertiary/aromatic N) is 1. The molecule has 0 bridgehead atoms. The van der Waals surface area contributed by atoms with Crippen molar-refractivity contribution < 1.29 is 0 Å². The van der Waals surface area contributed by atoms with Gasteiger partial charge in [-0.25, -0.2) is 4.98 Å². The van der Waals surface area contributed by atoms with Crippen molar-refractivity contribution in [1.82, 2.24) is 9.97 Å². The van der Waals surface area contributed by atoms with Crippen LogP contribution in [0.4, 0.5) is 0 Å². The number of hydrogen-bond acceptors (Lipinski definition) is 4. The molecule has 3 nitrogen and oxygen atoms in total. The molecule has 21 heavy (non-hydrogen) atoms. The van der Waals surface area contributed by atoms with Crippen LogP contribution in [0.15, 0.2) is 46.3 Å². The van der Waals surface area contributed by atoms with Crippen LogP contribution in [0.1, 0.15) is 30.5 Å². The molecule has 1 aromatic carbocycles. The highest BCUT2D eigenvalue weighted by Gasteiger charge is 2.11. The lowest BCUT2D eigenvalue weighted by molar-refractivity contribution is 0.812. The molecule has 2 rings (SSSR count). The van der Waals surface area contributed by atoms with E-state index < -0.39 is 0 Å². The Hall–Kier alpha value is -1.20. The Labute approximate surface area is 135 Å². The third kappa shape index (κ3) is 4.93. The highest BCUT2D eigenvalue weighted by Crippen LogP contribution is 2.25. The number of thioether (sulfide) groups is 1. The van der Waals surface area contributed by atoms with E-state index in [1.807, 2.05) is 18.2 Å². The lowest BCUT2D eigenvalue weighted by Gasteiger charge is -2.14. The standard InChI is InChI=1S/C16H20N2OS2/c1-2-6-14-9-15(19)18-16(17-14)21-11-13(10-20)12-7-4-3-5-8-12/h3-5,7-9,13,20H,2,6,10-11H2,1H3,(H,17,18,19). The van der Waals surface area contributed by atoms with Crippen LogP contribution in [-0.2, 0) is 6.42 Å². The third-order valence-electron chi connectivity index (χ3n) is 3.19. The molecule has 2 aromatic rings. The van der Waals surface area contributed by atoms with Crippen molar-refractivity contribution in [3.05, 3.63) is 58.0 Å². The van der Waals surface area contributed by atoms with Crippen LogP contribution in [0, 0.1) is 0 Å². The first-order chi connectivity index (χ1) is 10.2. The van der Waals surface area contributed by atoms with Gasteiger partial charge in [0, 0.05) is 23.4 Å². The van der Waals surface area contributed by atoms with Gasteiger partial charge in [-0.15, -0.1) is 0 Å². The average molecular weight is 320 g/mol. The Morgan fingerprint density at radius 3 is 2.76 bits per heavy atom. The molecule has 0 saturated heterocycles. The molecular formula is C16H20N2OS2. The SMILES string of the molecule is CCCc1cc(=O)[nH]c(SCC(CS)c2ccccc2)n1. The number of aromatic nitrogens is 2. The maximum atomic E-state index is 11.6.